The Morgan fingerprint density at radius 2 is 2.13 bits per heavy atom. The Kier molecular flexibility index (Phi) is 6.95. The lowest BCUT2D eigenvalue weighted by atomic mass is 10.3. The van der Waals surface area contributed by atoms with E-state index in [1.807, 2.05) is 41.9 Å². The van der Waals surface area contributed by atoms with Crippen LogP contribution >= 0.6 is 24.0 Å². The quantitative estimate of drug-likeness (QED) is 0.321. The maximum absolute atomic E-state index is 12.7. The lowest BCUT2D eigenvalue weighted by molar-refractivity contribution is -0.120. The molecular weight excluding hydrogens is 495 g/mol. The van der Waals surface area contributed by atoms with Gasteiger partial charge in [-0.15, -0.1) is 24.0 Å². The number of imidazole rings is 1. The van der Waals surface area contributed by atoms with E-state index in [-0.39, 0.29) is 36.4 Å². The molecule has 1 aliphatic rings. The predicted molar refractivity (Wildman–Crippen MR) is 127 cm³/mol. The first-order chi connectivity index (χ1) is 14.0. The van der Waals surface area contributed by atoms with E-state index < -0.39 is 0 Å². The average molecular weight is 522 g/mol. The molecule has 1 N–H and O–H groups in total. The lowest BCUT2D eigenvalue weighted by Crippen LogP contribution is -2.55. The van der Waals surface area contributed by atoms with Crippen LogP contribution in [0.25, 0.3) is 5.65 Å². The van der Waals surface area contributed by atoms with Crippen LogP contribution in [0.2, 0.25) is 0 Å². The second kappa shape index (κ2) is 9.45. The van der Waals surface area contributed by atoms with Gasteiger partial charge in [0.05, 0.1) is 24.1 Å². The Labute approximate surface area is 192 Å². The van der Waals surface area contributed by atoms with Crippen LogP contribution in [0.5, 0.6) is 0 Å². The number of hydrogen-bond acceptors (Lipinski definition) is 4. The Bertz CT molecular complexity index is 1060. The van der Waals surface area contributed by atoms with Gasteiger partial charge in [-0.05, 0) is 31.5 Å². The fourth-order valence-corrected chi connectivity index (χ4v) is 3.47. The number of halogens is 1. The molecule has 4 heterocycles. The molecule has 4 rings (SSSR count). The number of amides is 1. The van der Waals surface area contributed by atoms with Crippen molar-refractivity contribution < 1.29 is 4.79 Å². The van der Waals surface area contributed by atoms with Crippen LogP contribution < -0.4 is 10.2 Å². The molecule has 30 heavy (non-hydrogen) atoms. The number of nitrogens with zero attached hydrogens (tertiary/aromatic N) is 7. The van der Waals surface area contributed by atoms with E-state index in [9.17, 15) is 4.79 Å². The van der Waals surface area contributed by atoms with Gasteiger partial charge in [0.1, 0.15) is 12.2 Å². The molecule has 0 aromatic carbocycles. The van der Waals surface area contributed by atoms with Gasteiger partial charge in [0, 0.05) is 45.3 Å². The Morgan fingerprint density at radius 3 is 2.83 bits per heavy atom. The van der Waals surface area contributed by atoms with Crippen molar-refractivity contribution in [1.29, 1.82) is 0 Å². The number of carbonyl (C=O) groups is 1. The van der Waals surface area contributed by atoms with Crippen molar-refractivity contribution in [1.82, 2.24) is 29.4 Å². The third-order valence-corrected chi connectivity index (χ3v) is 4.91. The van der Waals surface area contributed by atoms with Crippen LogP contribution in [0.15, 0.2) is 41.9 Å². The summed E-state index contributed by atoms with van der Waals surface area (Å²) in [6.45, 7) is 6.86. The summed E-state index contributed by atoms with van der Waals surface area (Å²) in [5, 5.41) is 7.46. The third-order valence-electron chi connectivity index (χ3n) is 4.91. The normalized spacial score (nSPS) is 14.9. The van der Waals surface area contributed by atoms with Crippen LogP contribution in [-0.2, 0) is 18.4 Å². The number of aryl methyl sites for hydroxylation is 2. The molecule has 1 saturated heterocycles. The van der Waals surface area contributed by atoms with Crippen LogP contribution in [0.4, 0.5) is 5.69 Å². The zero-order chi connectivity index (χ0) is 20.4. The van der Waals surface area contributed by atoms with Crippen molar-refractivity contribution in [3.8, 4) is 0 Å². The van der Waals surface area contributed by atoms with Gasteiger partial charge in [-0.1, -0.05) is 0 Å². The van der Waals surface area contributed by atoms with Crippen molar-refractivity contribution in [2.24, 2.45) is 12.0 Å². The molecule has 0 bridgehead atoms. The molecule has 10 heteroatoms. The van der Waals surface area contributed by atoms with Gasteiger partial charge in [-0.2, -0.15) is 5.10 Å². The summed E-state index contributed by atoms with van der Waals surface area (Å²) in [7, 11) is 1.85. The number of aromatic nitrogens is 4. The molecule has 160 valence electrons. The molecule has 1 amide bonds. The fraction of sp³-hybridized carbons (Fsp3) is 0.400. The summed E-state index contributed by atoms with van der Waals surface area (Å²) in [5.41, 5.74) is 3.82. The molecule has 0 radical (unpaired) electrons. The van der Waals surface area contributed by atoms with Crippen molar-refractivity contribution in [3.05, 3.63) is 48.2 Å². The first-order valence-corrected chi connectivity index (χ1v) is 9.80. The number of carbonyl (C=O) groups excluding carboxylic acids is 1. The Hall–Kier alpha value is -2.63. The molecule has 3 aromatic rings. The van der Waals surface area contributed by atoms with Gasteiger partial charge < -0.3 is 19.5 Å². The lowest BCUT2D eigenvalue weighted by Gasteiger charge is -2.35. The van der Waals surface area contributed by atoms with Gasteiger partial charge in [0.15, 0.2) is 5.96 Å². The first-order valence-electron chi connectivity index (χ1n) is 9.80. The zero-order valence-corrected chi connectivity index (χ0v) is 19.8. The molecule has 0 unspecified atom stereocenters. The number of anilines is 1. The third kappa shape index (κ3) is 4.74. The van der Waals surface area contributed by atoms with Crippen molar-refractivity contribution >= 4 is 47.2 Å². The maximum atomic E-state index is 12.7. The minimum atomic E-state index is 0. The molecule has 0 spiro atoms. The summed E-state index contributed by atoms with van der Waals surface area (Å²) in [6.07, 6.45) is 7.58. The Balaban J connectivity index is 0.00000256. The number of piperazine rings is 1. The highest BCUT2D eigenvalue weighted by Crippen LogP contribution is 2.16. The SMILES string of the molecule is CCNC(=NCc1cn2ccc(C)cc2n1)N1CCN(c2cnn(C)c2)C(=O)C1.I. The van der Waals surface area contributed by atoms with Crippen molar-refractivity contribution in [2.75, 3.05) is 31.1 Å². The van der Waals surface area contributed by atoms with Crippen molar-refractivity contribution in [3.63, 3.8) is 0 Å². The highest BCUT2D eigenvalue weighted by atomic mass is 127. The van der Waals surface area contributed by atoms with Crippen LogP contribution in [0.3, 0.4) is 0 Å². The molecule has 1 fully saturated rings. The summed E-state index contributed by atoms with van der Waals surface area (Å²) in [6, 6.07) is 4.11. The highest BCUT2D eigenvalue weighted by Gasteiger charge is 2.27. The number of guanidine groups is 1. The molecule has 0 aliphatic carbocycles. The van der Waals surface area contributed by atoms with E-state index in [4.69, 9.17) is 4.99 Å². The minimum absolute atomic E-state index is 0. The second-order valence-corrected chi connectivity index (χ2v) is 7.21. The molecule has 0 saturated carbocycles. The first kappa shape index (κ1) is 22.1. The second-order valence-electron chi connectivity index (χ2n) is 7.21. The van der Waals surface area contributed by atoms with Gasteiger partial charge >= 0.3 is 0 Å². The van der Waals surface area contributed by atoms with Crippen LogP contribution in [0.1, 0.15) is 18.2 Å². The van der Waals surface area contributed by atoms with Gasteiger partial charge in [0.2, 0.25) is 5.91 Å². The number of hydrogen-bond donors (Lipinski definition) is 1. The summed E-state index contributed by atoms with van der Waals surface area (Å²) < 4.78 is 3.71. The van der Waals surface area contributed by atoms with Crippen LogP contribution in [-0.4, -0.2) is 62.1 Å². The summed E-state index contributed by atoms with van der Waals surface area (Å²) in [5.74, 6) is 0.776. The van der Waals surface area contributed by atoms with E-state index >= 15 is 0 Å². The number of rotatable bonds is 4. The number of fused-ring (bicyclic) bond motifs is 1. The van der Waals surface area contributed by atoms with Crippen LogP contribution in [0, 0.1) is 6.92 Å². The standard InChI is InChI=1S/C20H26N8O.HI/c1-4-21-20(22-10-16-12-26-6-5-15(2)9-18(26)24-16)27-7-8-28(19(29)14-27)17-11-23-25(3)13-17;/h5-6,9,11-13H,4,7-8,10,14H2,1-3H3,(H,21,22);1H. The average Bonchev–Trinajstić information content (AvgIpc) is 3.30. The number of nitrogens with one attached hydrogen (secondary N) is 1. The molecule has 1 aliphatic heterocycles. The molecule has 3 aromatic heterocycles. The largest absolute Gasteiger partial charge is 0.356 e. The smallest absolute Gasteiger partial charge is 0.246 e. The molecule has 9 nitrogen and oxygen atoms in total. The monoisotopic (exact) mass is 522 g/mol. The Morgan fingerprint density at radius 1 is 1.30 bits per heavy atom. The highest BCUT2D eigenvalue weighted by molar-refractivity contribution is 14.0. The van der Waals surface area contributed by atoms with E-state index in [1.54, 1.807) is 15.8 Å². The van der Waals surface area contributed by atoms with Crippen molar-refractivity contribution in [2.45, 2.75) is 20.4 Å². The van der Waals surface area contributed by atoms with E-state index in [1.165, 1.54) is 5.56 Å². The van der Waals surface area contributed by atoms with Gasteiger partial charge in [0.25, 0.3) is 0 Å². The molecular formula is C20H27IN8O. The van der Waals surface area contributed by atoms with E-state index in [2.05, 4.69) is 34.5 Å². The fourth-order valence-electron chi connectivity index (χ4n) is 3.47. The summed E-state index contributed by atoms with van der Waals surface area (Å²) in [4.78, 5) is 25.8. The van der Waals surface area contributed by atoms with Gasteiger partial charge in [-0.25, -0.2) is 9.98 Å². The maximum Gasteiger partial charge on any atom is 0.246 e. The zero-order valence-electron chi connectivity index (χ0n) is 17.4. The van der Waals surface area contributed by atoms with Gasteiger partial charge in [-0.3, -0.25) is 9.48 Å². The predicted octanol–water partition coefficient (Wildman–Crippen LogP) is 1.81. The number of pyridine rings is 1. The van der Waals surface area contributed by atoms with E-state index in [0.717, 1.165) is 29.5 Å². The van der Waals surface area contributed by atoms with E-state index in [0.29, 0.717) is 19.6 Å². The number of aliphatic imine (C=N–C) groups is 1. The summed E-state index contributed by atoms with van der Waals surface area (Å²) >= 11 is 0. The minimum Gasteiger partial charge on any atom is -0.356 e. The molecule has 0 atom stereocenters. The topological polar surface area (TPSA) is 83.1 Å².